The van der Waals surface area contributed by atoms with Crippen molar-refractivity contribution in [1.82, 2.24) is 0 Å². The zero-order valence-electron chi connectivity index (χ0n) is 9.82. The Balaban J connectivity index is 1.91. The average molecular weight is 359 g/mol. The van der Waals surface area contributed by atoms with Gasteiger partial charge >= 0.3 is 0 Å². The third-order valence-electron chi connectivity index (χ3n) is 2.34. The minimum absolute atomic E-state index is 0.414. The molecule has 98 valence electrons. The van der Waals surface area contributed by atoms with Crippen LogP contribution in [0.2, 0.25) is 10.0 Å². The summed E-state index contributed by atoms with van der Waals surface area (Å²) in [5.74, 6) is 0. The molecule has 19 heavy (non-hydrogen) atoms. The molecule has 2 aromatic carbocycles. The second kappa shape index (κ2) is 6.94. The molecule has 2 rings (SSSR count). The van der Waals surface area contributed by atoms with Gasteiger partial charge < -0.3 is 4.84 Å². The fourth-order valence-corrected chi connectivity index (χ4v) is 2.18. The maximum atomic E-state index is 5.90. The summed E-state index contributed by atoms with van der Waals surface area (Å²) in [7, 11) is 0. The van der Waals surface area contributed by atoms with Crippen molar-refractivity contribution >= 4 is 45.3 Å². The summed E-state index contributed by atoms with van der Waals surface area (Å²) in [6.07, 6.45) is 1.60. The molecule has 0 bridgehead atoms. The maximum Gasteiger partial charge on any atom is 0.142 e. The number of nitrogens with zero attached hydrogens (tertiary/aromatic N) is 1. The van der Waals surface area contributed by atoms with E-state index >= 15 is 0 Å². The molecule has 0 aliphatic rings. The third kappa shape index (κ3) is 4.53. The van der Waals surface area contributed by atoms with Gasteiger partial charge in [0.1, 0.15) is 6.61 Å². The van der Waals surface area contributed by atoms with Gasteiger partial charge in [0.2, 0.25) is 0 Å². The molecule has 0 aromatic heterocycles. The molecule has 0 amide bonds. The van der Waals surface area contributed by atoms with E-state index < -0.39 is 0 Å². The number of benzene rings is 2. The third-order valence-corrected chi connectivity index (χ3v) is 3.57. The van der Waals surface area contributed by atoms with Gasteiger partial charge in [-0.25, -0.2) is 0 Å². The zero-order chi connectivity index (χ0) is 13.7. The fraction of sp³-hybridized carbons (Fsp3) is 0.0714. The molecule has 0 radical (unpaired) electrons. The SMILES string of the molecule is Clc1ccc(/C=N\OCc2cccc(Br)c2)cc1Cl. The predicted molar refractivity (Wildman–Crippen MR) is 83.0 cm³/mol. The van der Waals surface area contributed by atoms with Gasteiger partial charge in [0, 0.05) is 4.47 Å². The molecular formula is C14H10BrCl2NO. The Labute approximate surface area is 130 Å². The van der Waals surface area contributed by atoms with Crippen molar-refractivity contribution in [3.63, 3.8) is 0 Å². The summed E-state index contributed by atoms with van der Waals surface area (Å²) in [6, 6.07) is 13.1. The van der Waals surface area contributed by atoms with Crippen LogP contribution in [0, 0.1) is 0 Å². The normalized spacial score (nSPS) is 10.9. The Kier molecular flexibility index (Phi) is 5.25. The van der Waals surface area contributed by atoms with E-state index in [1.54, 1.807) is 18.3 Å². The Morgan fingerprint density at radius 1 is 1.11 bits per heavy atom. The molecule has 0 aliphatic carbocycles. The van der Waals surface area contributed by atoms with Gasteiger partial charge in [-0.1, -0.05) is 62.5 Å². The molecule has 0 aliphatic heterocycles. The van der Waals surface area contributed by atoms with Crippen LogP contribution in [0.5, 0.6) is 0 Å². The van der Waals surface area contributed by atoms with Crippen LogP contribution >= 0.6 is 39.1 Å². The Bertz CT molecular complexity index is 602. The summed E-state index contributed by atoms with van der Waals surface area (Å²) in [4.78, 5) is 5.22. The highest BCUT2D eigenvalue weighted by molar-refractivity contribution is 9.10. The molecule has 2 nitrogen and oxygen atoms in total. The van der Waals surface area contributed by atoms with Crippen molar-refractivity contribution in [1.29, 1.82) is 0 Å². The maximum absolute atomic E-state index is 5.90. The molecule has 0 atom stereocenters. The van der Waals surface area contributed by atoms with Crippen LogP contribution in [0.25, 0.3) is 0 Å². The molecule has 0 fully saturated rings. The molecular weight excluding hydrogens is 349 g/mol. The first kappa shape index (κ1) is 14.4. The minimum Gasteiger partial charge on any atom is -0.391 e. The zero-order valence-corrected chi connectivity index (χ0v) is 12.9. The quantitative estimate of drug-likeness (QED) is 0.536. The van der Waals surface area contributed by atoms with E-state index in [2.05, 4.69) is 21.1 Å². The van der Waals surface area contributed by atoms with Crippen molar-refractivity contribution in [2.24, 2.45) is 5.16 Å². The number of halogens is 3. The minimum atomic E-state index is 0.414. The lowest BCUT2D eigenvalue weighted by Gasteiger charge is -2.00. The van der Waals surface area contributed by atoms with Crippen molar-refractivity contribution < 1.29 is 4.84 Å². The number of rotatable bonds is 4. The summed E-state index contributed by atoms with van der Waals surface area (Å²) in [6.45, 7) is 0.414. The number of oxime groups is 1. The molecule has 2 aromatic rings. The van der Waals surface area contributed by atoms with Gasteiger partial charge in [-0.2, -0.15) is 0 Å². The van der Waals surface area contributed by atoms with E-state index in [0.29, 0.717) is 16.7 Å². The molecule has 0 heterocycles. The van der Waals surface area contributed by atoms with E-state index in [1.807, 2.05) is 30.3 Å². The van der Waals surface area contributed by atoms with Gasteiger partial charge in [0.05, 0.1) is 16.3 Å². The largest absolute Gasteiger partial charge is 0.391 e. The standard InChI is InChI=1S/C14H10BrCl2NO/c15-12-3-1-2-11(6-12)9-19-18-8-10-4-5-13(16)14(17)7-10/h1-8H,9H2/b18-8-. The van der Waals surface area contributed by atoms with E-state index in [4.69, 9.17) is 28.0 Å². The first-order valence-corrected chi connectivity index (χ1v) is 7.05. The van der Waals surface area contributed by atoms with Crippen LogP contribution in [-0.2, 0) is 11.4 Å². The smallest absolute Gasteiger partial charge is 0.142 e. The van der Waals surface area contributed by atoms with Crippen LogP contribution in [0.4, 0.5) is 0 Å². The van der Waals surface area contributed by atoms with E-state index in [-0.39, 0.29) is 0 Å². The van der Waals surface area contributed by atoms with Crippen LogP contribution in [0.15, 0.2) is 52.1 Å². The molecule has 0 saturated heterocycles. The van der Waals surface area contributed by atoms with Crippen LogP contribution in [0.3, 0.4) is 0 Å². The van der Waals surface area contributed by atoms with Gasteiger partial charge in [0.25, 0.3) is 0 Å². The van der Waals surface area contributed by atoms with Crippen molar-refractivity contribution in [3.8, 4) is 0 Å². The summed E-state index contributed by atoms with van der Waals surface area (Å²) in [5, 5.41) is 4.92. The second-order valence-electron chi connectivity index (χ2n) is 3.81. The van der Waals surface area contributed by atoms with Gasteiger partial charge in [-0.15, -0.1) is 0 Å². The monoisotopic (exact) mass is 357 g/mol. The molecule has 0 unspecified atom stereocenters. The lowest BCUT2D eigenvalue weighted by Crippen LogP contribution is -1.88. The molecule has 0 spiro atoms. The van der Waals surface area contributed by atoms with E-state index in [0.717, 1.165) is 15.6 Å². The lowest BCUT2D eigenvalue weighted by atomic mass is 10.2. The first-order valence-electron chi connectivity index (χ1n) is 5.50. The molecule has 0 saturated carbocycles. The summed E-state index contributed by atoms with van der Waals surface area (Å²) in [5.41, 5.74) is 1.88. The Hall–Kier alpha value is -1.03. The summed E-state index contributed by atoms with van der Waals surface area (Å²) < 4.78 is 1.02. The number of hydrogen-bond donors (Lipinski definition) is 0. The van der Waals surface area contributed by atoms with Crippen molar-refractivity contribution in [3.05, 3.63) is 68.1 Å². The van der Waals surface area contributed by atoms with Crippen LogP contribution < -0.4 is 0 Å². The highest BCUT2D eigenvalue weighted by Gasteiger charge is 1.97. The fourth-order valence-electron chi connectivity index (χ4n) is 1.43. The Morgan fingerprint density at radius 3 is 2.68 bits per heavy atom. The predicted octanol–water partition coefficient (Wildman–Crippen LogP) is 5.31. The highest BCUT2D eigenvalue weighted by Crippen LogP contribution is 2.21. The van der Waals surface area contributed by atoms with E-state index in [1.165, 1.54) is 0 Å². The summed E-state index contributed by atoms with van der Waals surface area (Å²) >= 11 is 15.1. The van der Waals surface area contributed by atoms with Crippen molar-refractivity contribution in [2.75, 3.05) is 0 Å². The van der Waals surface area contributed by atoms with Crippen LogP contribution in [-0.4, -0.2) is 6.21 Å². The second-order valence-corrected chi connectivity index (χ2v) is 5.54. The molecule has 0 N–H and O–H groups in total. The number of hydrogen-bond acceptors (Lipinski definition) is 2. The molecule has 5 heteroatoms. The van der Waals surface area contributed by atoms with E-state index in [9.17, 15) is 0 Å². The van der Waals surface area contributed by atoms with Gasteiger partial charge in [0.15, 0.2) is 0 Å². The average Bonchev–Trinajstić information content (AvgIpc) is 2.39. The lowest BCUT2D eigenvalue weighted by molar-refractivity contribution is 0.132. The Morgan fingerprint density at radius 2 is 1.95 bits per heavy atom. The van der Waals surface area contributed by atoms with Gasteiger partial charge in [-0.3, -0.25) is 0 Å². The van der Waals surface area contributed by atoms with Gasteiger partial charge in [-0.05, 0) is 35.4 Å². The van der Waals surface area contributed by atoms with Crippen molar-refractivity contribution in [2.45, 2.75) is 6.61 Å². The topological polar surface area (TPSA) is 21.6 Å². The highest BCUT2D eigenvalue weighted by atomic mass is 79.9. The first-order chi connectivity index (χ1) is 9.15. The van der Waals surface area contributed by atoms with Crippen LogP contribution in [0.1, 0.15) is 11.1 Å².